The highest BCUT2D eigenvalue weighted by Gasteiger charge is 2.05. The molecule has 0 heterocycles. The van der Waals surface area contributed by atoms with Gasteiger partial charge in [0.25, 0.3) is 0 Å². The van der Waals surface area contributed by atoms with E-state index in [0.29, 0.717) is 10.6 Å². The molecule has 0 saturated carbocycles. The van der Waals surface area contributed by atoms with Crippen molar-refractivity contribution in [3.8, 4) is 6.07 Å². The minimum atomic E-state index is 0.489. The first kappa shape index (κ1) is 9.83. The predicted molar refractivity (Wildman–Crippen MR) is 54.4 cm³/mol. The quantitative estimate of drug-likeness (QED) is 0.702. The highest BCUT2D eigenvalue weighted by molar-refractivity contribution is 6.31. The van der Waals surface area contributed by atoms with Crippen molar-refractivity contribution < 1.29 is 0 Å². The molecular formula is C11H9ClN. The van der Waals surface area contributed by atoms with Crippen molar-refractivity contribution in [2.75, 3.05) is 0 Å². The van der Waals surface area contributed by atoms with E-state index < -0.39 is 0 Å². The molecule has 1 rings (SSSR count). The van der Waals surface area contributed by atoms with Crippen LogP contribution in [0.1, 0.15) is 18.1 Å². The van der Waals surface area contributed by atoms with Crippen molar-refractivity contribution in [1.82, 2.24) is 0 Å². The number of nitriles is 1. The van der Waals surface area contributed by atoms with E-state index in [0.717, 1.165) is 11.5 Å². The van der Waals surface area contributed by atoms with Gasteiger partial charge < -0.3 is 0 Å². The Hall–Kier alpha value is -1.26. The molecule has 0 aromatic heterocycles. The minimum absolute atomic E-state index is 0.489. The number of hydrogen-bond acceptors (Lipinski definition) is 1. The van der Waals surface area contributed by atoms with Crippen LogP contribution in [0.25, 0.3) is 0 Å². The van der Waals surface area contributed by atoms with Gasteiger partial charge in [-0.05, 0) is 17.7 Å². The predicted octanol–water partition coefficient (Wildman–Crippen LogP) is 3.34. The molecule has 65 valence electrons. The molecule has 1 radical (unpaired) electrons. The molecule has 0 aliphatic rings. The van der Waals surface area contributed by atoms with Crippen LogP contribution in [-0.4, -0.2) is 0 Å². The Kier molecular flexibility index (Phi) is 3.11. The molecule has 0 aliphatic heterocycles. The van der Waals surface area contributed by atoms with Gasteiger partial charge in [0.05, 0.1) is 10.6 Å². The zero-order valence-electron chi connectivity index (χ0n) is 7.34. The molecule has 0 aliphatic carbocycles. The Morgan fingerprint density at radius 2 is 2.31 bits per heavy atom. The lowest BCUT2D eigenvalue weighted by molar-refractivity contribution is 1.25. The summed E-state index contributed by atoms with van der Waals surface area (Å²) in [6.07, 6.45) is 1.75. The second kappa shape index (κ2) is 4.11. The van der Waals surface area contributed by atoms with Gasteiger partial charge in [0.2, 0.25) is 0 Å². The van der Waals surface area contributed by atoms with E-state index in [2.05, 4.69) is 6.58 Å². The van der Waals surface area contributed by atoms with Crippen molar-refractivity contribution in [3.63, 3.8) is 0 Å². The zero-order valence-corrected chi connectivity index (χ0v) is 8.10. The maximum Gasteiger partial charge on any atom is 0.101 e. The zero-order chi connectivity index (χ0) is 9.84. The summed E-state index contributed by atoms with van der Waals surface area (Å²) < 4.78 is 0. The molecule has 0 saturated heterocycles. The summed E-state index contributed by atoms with van der Waals surface area (Å²) in [6, 6.07) is 7.40. The summed E-state index contributed by atoms with van der Waals surface area (Å²) in [5.41, 5.74) is 1.48. The van der Waals surface area contributed by atoms with Crippen LogP contribution in [0.3, 0.4) is 0 Å². The molecule has 0 unspecified atom stereocenters. The van der Waals surface area contributed by atoms with E-state index in [1.807, 2.05) is 19.1 Å². The highest BCUT2D eigenvalue weighted by atomic mass is 35.5. The summed E-state index contributed by atoms with van der Waals surface area (Å²) in [5.74, 6) is 1.04. The smallest absolute Gasteiger partial charge is 0.101 e. The lowest BCUT2D eigenvalue weighted by atomic mass is 10.00. The lowest BCUT2D eigenvalue weighted by Gasteiger charge is -2.05. The van der Waals surface area contributed by atoms with Gasteiger partial charge >= 0.3 is 0 Å². The molecule has 0 bridgehead atoms. The first-order chi connectivity index (χ1) is 6.19. The van der Waals surface area contributed by atoms with E-state index in [9.17, 15) is 0 Å². The highest BCUT2D eigenvalue weighted by Crippen LogP contribution is 2.21. The largest absolute Gasteiger partial charge is 0.192 e. The van der Waals surface area contributed by atoms with Crippen LogP contribution < -0.4 is 0 Å². The van der Waals surface area contributed by atoms with Crippen molar-refractivity contribution in [1.29, 1.82) is 5.26 Å². The lowest BCUT2D eigenvalue weighted by Crippen LogP contribution is -1.90. The number of nitrogens with zero attached hydrogens (tertiary/aromatic N) is 1. The van der Waals surface area contributed by atoms with Crippen molar-refractivity contribution >= 4 is 11.6 Å². The third-order valence-electron chi connectivity index (χ3n) is 1.85. The van der Waals surface area contributed by atoms with E-state index in [4.69, 9.17) is 16.9 Å². The first-order valence-electron chi connectivity index (χ1n) is 3.85. The molecular weight excluding hydrogens is 182 g/mol. The van der Waals surface area contributed by atoms with Crippen molar-refractivity contribution in [2.45, 2.75) is 6.92 Å². The Labute approximate surface area is 83.3 Å². The van der Waals surface area contributed by atoms with Gasteiger partial charge in [0.15, 0.2) is 0 Å². The minimum Gasteiger partial charge on any atom is -0.192 e. The van der Waals surface area contributed by atoms with E-state index in [1.165, 1.54) is 0 Å². The SMILES string of the molecule is C=C[C](C)c1ccc(Cl)c(C#N)c1. The topological polar surface area (TPSA) is 23.8 Å². The van der Waals surface area contributed by atoms with Crippen LogP contribution in [0, 0.1) is 17.2 Å². The second-order valence-electron chi connectivity index (χ2n) is 2.69. The Balaban J connectivity index is 3.15. The number of benzene rings is 1. The molecule has 1 aromatic carbocycles. The van der Waals surface area contributed by atoms with Gasteiger partial charge in [0.1, 0.15) is 6.07 Å². The van der Waals surface area contributed by atoms with Crippen LogP contribution in [-0.2, 0) is 0 Å². The Bertz CT molecular complexity index is 363. The van der Waals surface area contributed by atoms with Crippen LogP contribution in [0.15, 0.2) is 30.9 Å². The van der Waals surface area contributed by atoms with Crippen LogP contribution >= 0.6 is 11.6 Å². The van der Waals surface area contributed by atoms with E-state index >= 15 is 0 Å². The number of halogens is 1. The first-order valence-corrected chi connectivity index (χ1v) is 4.23. The molecule has 2 heteroatoms. The monoisotopic (exact) mass is 190 g/mol. The van der Waals surface area contributed by atoms with Crippen LogP contribution in [0.5, 0.6) is 0 Å². The summed E-state index contributed by atoms with van der Waals surface area (Å²) in [7, 11) is 0. The maximum atomic E-state index is 8.73. The fraction of sp³-hybridized carbons (Fsp3) is 0.0909. The normalized spacial score (nSPS) is 9.69. The average molecular weight is 191 g/mol. The maximum absolute atomic E-state index is 8.73. The van der Waals surface area contributed by atoms with Gasteiger partial charge in [-0.2, -0.15) is 5.26 Å². The van der Waals surface area contributed by atoms with Gasteiger partial charge in [-0.25, -0.2) is 0 Å². The summed E-state index contributed by atoms with van der Waals surface area (Å²) in [5, 5.41) is 9.22. The number of rotatable bonds is 2. The molecule has 0 spiro atoms. The van der Waals surface area contributed by atoms with Gasteiger partial charge in [-0.3, -0.25) is 0 Å². The van der Waals surface area contributed by atoms with Gasteiger partial charge in [-0.15, -0.1) is 6.58 Å². The van der Waals surface area contributed by atoms with Crippen molar-refractivity contribution in [3.05, 3.63) is 52.9 Å². The molecule has 0 N–H and O–H groups in total. The summed E-state index contributed by atoms with van der Waals surface area (Å²) in [4.78, 5) is 0. The van der Waals surface area contributed by atoms with Crippen LogP contribution in [0.2, 0.25) is 5.02 Å². The molecule has 1 nitrogen and oxygen atoms in total. The van der Waals surface area contributed by atoms with Crippen LogP contribution in [0.4, 0.5) is 0 Å². The van der Waals surface area contributed by atoms with Gasteiger partial charge in [-0.1, -0.05) is 30.7 Å². The Morgan fingerprint density at radius 1 is 1.62 bits per heavy atom. The van der Waals surface area contributed by atoms with E-state index in [1.54, 1.807) is 18.2 Å². The summed E-state index contributed by atoms with van der Waals surface area (Å²) in [6.45, 7) is 5.60. The third-order valence-corrected chi connectivity index (χ3v) is 2.18. The average Bonchev–Trinajstić information content (AvgIpc) is 2.17. The standard InChI is InChI=1S/C11H9ClN/c1-3-8(2)9-4-5-11(12)10(6-9)7-13/h3-6H,1H2,2H3. The fourth-order valence-electron chi connectivity index (χ4n) is 0.974. The van der Waals surface area contributed by atoms with E-state index in [-0.39, 0.29) is 0 Å². The third kappa shape index (κ3) is 2.11. The molecule has 0 atom stereocenters. The number of hydrogen-bond donors (Lipinski definition) is 0. The molecule has 0 amide bonds. The molecule has 1 aromatic rings. The van der Waals surface area contributed by atoms with Gasteiger partial charge in [0, 0.05) is 5.92 Å². The summed E-state index contributed by atoms with van der Waals surface area (Å²) >= 11 is 5.79. The van der Waals surface area contributed by atoms with Crippen molar-refractivity contribution in [2.24, 2.45) is 0 Å². The fourth-order valence-corrected chi connectivity index (χ4v) is 1.13. The molecule has 0 fully saturated rings. The molecule has 13 heavy (non-hydrogen) atoms. The number of allylic oxidation sites excluding steroid dienone is 1. The second-order valence-corrected chi connectivity index (χ2v) is 3.10. The Morgan fingerprint density at radius 3 is 2.85 bits per heavy atom.